The summed E-state index contributed by atoms with van der Waals surface area (Å²) in [5.74, 6) is -0.536. The first kappa shape index (κ1) is 18.6. The van der Waals surface area contributed by atoms with Crippen molar-refractivity contribution in [1.29, 1.82) is 0 Å². The number of phenols is 1. The van der Waals surface area contributed by atoms with E-state index in [1.807, 2.05) is 36.0 Å². The summed E-state index contributed by atoms with van der Waals surface area (Å²) in [5.41, 5.74) is 0.969. The summed E-state index contributed by atoms with van der Waals surface area (Å²) < 4.78 is 1.86. The van der Waals surface area contributed by atoms with Crippen molar-refractivity contribution in [2.45, 2.75) is 19.9 Å². The topological polar surface area (TPSA) is 96.3 Å². The third-order valence-corrected chi connectivity index (χ3v) is 3.12. The second-order valence-corrected chi connectivity index (χ2v) is 4.87. The quantitative estimate of drug-likeness (QED) is 0.298. The number of aromatic nitrogens is 1. The van der Waals surface area contributed by atoms with Gasteiger partial charge in [0, 0.05) is 24.3 Å². The number of pyridine rings is 1. The lowest BCUT2D eigenvalue weighted by Crippen LogP contribution is -3.00. The number of benzene rings is 1. The standard InChI is InChI=1S/C15H15N3O4.BrH/c1-11-4-7-17(8-5-11)9-6-15(20)16-13-10-12(18(21)22)2-3-14(13)19;/h2-5,7-8,10H,6,9H2,1H3,(H-,16,19,20);1H. The zero-order valence-electron chi connectivity index (χ0n) is 12.4. The number of non-ortho nitro benzene ring substituents is 1. The Morgan fingerprint density at radius 3 is 2.57 bits per heavy atom. The van der Waals surface area contributed by atoms with Crippen LogP contribution in [0.15, 0.2) is 42.7 Å². The lowest BCUT2D eigenvalue weighted by Gasteiger charge is -2.06. The first-order valence-corrected chi connectivity index (χ1v) is 6.68. The van der Waals surface area contributed by atoms with E-state index in [0.29, 0.717) is 6.54 Å². The molecule has 0 radical (unpaired) electrons. The largest absolute Gasteiger partial charge is 1.00 e. The Morgan fingerprint density at radius 1 is 1.30 bits per heavy atom. The van der Waals surface area contributed by atoms with Crippen LogP contribution < -0.4 is 26.9 Å². The molecule has 0 spiro atoms. The first-order chi connectivity index (χ1) is 10.5. The summed E-state index contributed by atoms with van der Waals surface area (Å²) in [5, 5.41) is 22.8. The third kappa shape index (κ3) is 5.33. The van der Waals surface area contributed by atoms with Gasteiger partial charge in [-0.3, -0.25) is 14.9 Å². The van der Waals surface area contributed by atoms with Crippen molar-refractivity contribution in [3.8, 4) is 5.75 Å². The van der Waals surface area contributed by atoms with Crippen LogP contribution in [0.5, 0.6) is 5.75 Å². The number of phenolic OH excluding ortho intramolecular Hbond substituents is 1. The molecule has 0 saturated heterocycles. The third-order valence-electron chi connectivity index (χ3n) is 3.12. The van der Waals surface area contributed by atoms with Gasteiger partial charge >= 0.3 is 0 Å². The van der Waals surface area contributed by atoms with Crippen LogP contribution in [0.2, 0.25) is 0 Å². The van der Waals surface area contributed by atoms with Gasteiger partial charge in [0.05, 0.1) is 17.0 Å². The molecule has 0 saturated carbocycles. The molecule has 8 heteroatoms. The molecule has 1 aromatic heterocycles. The van der Waals surface area contributed by atoms with E-state index in [9.17, 15) is 20.0 Å². The number of halogens is 1. The second-order valence-electron chi connectivity index (χ2n) is 4.87. The van der Waals surface area contributed by atoms with Crippen molar-refractivity contribution in [3.63, 3.8) is 0 Å². The molecule has 1 aromatic carbocycles. The molecule has 122 valence electrons. The number of hydrogen-bond acceptors (Lipinski definition) is 4. The summed E-state index contributed by atoms with van der Waals surface area (Å²) in [4.78, 5) is 22.0. The molecule has 2 aromatic rings. The van der Waals surface area contributed by atoms with Crippen molar-refractivity contribution < 1.29 is 36.4 Å². The van der Waals surface area contributed by atoms with Crippen LogP contribution in [-0.4, -0.2) is 15.9 Å². The molecule has 0 bridgehead atoms. The van der Waals surface area contributed by atoms with Crippen molar-refractivity contribution in [2.24, 2.45) is 0 Å². The molecule has 1 heterocycles. The number of carbonyl (C=O) groups excluding carboxylic acids is 1. The summed E-state index contributed by atoms with van der Waals surface area (Å²) >= 11 is 0. The fraction of sp³-hybridized carbons (Fsp3) is 0.200. The van der Waals surface area contributed by atoms with E-state index in [2.05, 4.69) is 5.32 Å². The van der Waals surface area contributed by atoms with Gasteiger partial charge in [0.2, 0.25) is 5.91 Å². The molecular formula is C15H16BrN3O4. The summed E-state index contributed by atoms with van der Waals surface area (Å²) in [6, 6.07) is 7.36. The Kier molecular flexibility index (Phi) is 6.65. The van der Waals surface area contributed by atoms with E-state index >= 15 is 0 Å². The zero-order chi connectivity index (χ0) is 16.1. The molecule has 2 rings (SSSR count). The highest BCUT2D eigenvalue weighted by molar-refractivity contribution is 5.92. The summed E-state index contributed by atoms with van der Waals surface area (Å²) in [7, 11) is 0. The monoisotopic (exact) mass is 381 g/mol. The lowest BCUT2D eigenvalue weighted by atomic mass is 10.2. The number of rotatable bonds is 5. The average molecular weight is 382 g/mol. The number of hydrogen-bond donors (Lipinski definition) is 2. The molecule has 0 aliphatic carbocycles. The second kappa shape index (κ2) is 8.23. The normalized spacial score (nSPS) is 9.78. The Balaban J connectivity index is 0.00000264. The van der Waals surface area contributed by atoms with Gasteiger partial charge in [0.15, 0.2) is 18.9 Å². The van der Waals surface area contributed by atoms with Gasteiger partial charge in [-0.15, -0.1) is 0 Å². The van der Waals surface area contributed by atoms with Gasteiger partial charge in [0.1, 0.15) is 5.75 Å². The van der Waals surface area contributed by atoms with Crippen LogP contribution >= 0.6 is 0 Å². The Bertz CT molecular complexity index is 704. The van der Waals surface area contributed by atoms with Gasteiger partial charge in [-0.2, -0.15) is 0 Å². The van der Waals surface area contributed by atoms with E-state index in [-0.39, 0.29) is 46.4 Å². The number of amides is 1. The van der Waals surface area contributed by atoms with E-state index in [1.165, 1.54) is 12.1 Å². The van der Waals surface area contributed by atoms with Crippen molar-refractivity contribution in [1.82, 2.24) is 0 Å². The molecule has 1 amide bonds. The van der Waals surface area contributed by atoms with E-state index in [4.69, 9.17) is 0 Å². The summed E-state index contributed by atoms with van der Waals surface area (Å²) in [6.07, 6.45) is 3.93. The maximum Gasteiger partial charge on any atom is 0.271 e. The summed E-state index contributed by atoms with van der Waals surface area (Å²) in [6.45, 7) is 2.45. The minimum atomic E-state index is -0.586. The van der Waals surface area contributed by atoms with Crippen LogP contribution in [0, 0.1) is 17.0 Å². The van der Waals surface area contributed by atoms with Crippen LogP contribution in [0.3, 0.4) is 0 Å². The molecular weight excluding hydrogens is 366 g/mol. The van der Waals surface area contributed by atoms with Crippen molar-refractivity contribution in [3.05, 3.63) is 58.4 Å². The molecule has 23 heavy (non-hydrogen) atoms. The number of anilines is 1. The first-order valence-electron chi connectivity index (χ1n) is 6.68. The molecule has 0 aliphatic rings. The van der Waals surface area contributed by atoms with Gasteiger partial charge in [0.25, 0.3) is 5.69 Å². The Hall–Kier alpha value is -2.48. The van der Waals surface area contributed by atoms with Crippen LogP contribution in [0.1, 0.15) is 12.0 Å². The molecule has 0 aliphatic heterocycles. The SMILES string of the molecule is Cc1cc[n+](CCC(=O)Nc2cc([N+](=O)[O-])ccc2O)cc1.[Br-]. The molecule has 0 fully saturated rings. The van der Waals surface area contributed by atoms with Gasteiger partial charge in [-0.1, -0.05) is 0 Å². The Morgan fingerprint density at radius 2 is 1.96 bits per heavy atom. The molecule has 0 unspecified atom stereocenters. The fourth-order valence-corrected chi connectivity index (χ4v) is 1.86. The maximum absolute atomic E-state index is 11.9. The van der Waals surface area contributed by atoms with E-state index in [0.717, 1.165) is 11.6 Å². The van der Waals surface area contributed by atoms with Gasteiger partial charge in [-0.25, -0.2) is 4.57 Å². The number of nitro benzene ring substituents is 1. The fourth-order valence-electron chi connectivity index (χ4n) is 1.86. The van der Waals surface area contributed by atoms with Gasteiger partial charge < -0.3 is 27.4 Å². The molecule has 7 nitrogen and oxygen atoms in total. The number of carbonyl (C=O) groups is 1. The Labute approximate surface area is 143 Å². The lowest BCUT2D eigenvalue weighted by molar-refractivity contribution is -0.695. The van der Waals surface area contributed by atoms with Crippen LogP contribution in [0.4, 0.5) is 11.4 Å². The minimum absolute atomic E-state index is 0. The van der Waals surface area contributed by atoms with Crippen LogP contribution in [-0.2, 0) is 11.3 Å². The van der Waals surface area contributed by atoms with E-state index < -0.39 is 4.92 Å². The number of nitro groups is 1. The predicted molar refractivity (Wildman–Crippen MR) is 79.4 cm³/mol. The highest BCUT2D eigenvalue weighted by atomic mass is 79.9. The number of nitrogens with one attached hydrogen (secondary N) is 1. The maximum atomic E-state index is 11.9. The average Bonchev–Trinajstić information content (AvgIpc) is 2.48. The molecule has 2 N–H and O–H groups in total. The van der Waals surface area contributed by atoms with Crippen LogP contribution in [0.25, 0.3) is 0 Å². The smallest absolute Gasteiger partial charge is 0.271 e. The van der Waals surface area contributed by atoms with Crippen molar-refractivity contribution in [2.75, 3.05) is 5.32 Å². The van der Waals surface area contributed by atoms with Gasteiger partial charge in [-0.05, 0) is 18.6 Å². The number of aryl methyl sites for hydroxylation is 2. The number of nitrogens with zero attached hydrogens (tertiary/aromatic N) is 2. The van der Waals surface area contributed by atoms with E-state index in [1.54, 1.807) is 0 Å². The number of aromatic hydroxyl groups is 1. The molecule has 0 atom stereocenters. The zero-order valence-corrected chi connectivity index (χ0v) is 14.0. The highest BCUT2D eigenvalue weighted by Gasteiger charge is 2.13. The van der Waals surface area contributed by atoms with Crippen molar-refractivity contribution >= 4 is 17.3 Å². The highest BCUT2D eigenvalue weighted by Crippen LogP contribution is 2.27. The predicted octanol–water partition coefficient (Wildman–Crippen LogP) is -1.07. The minimum Gasteiger partial charge on any atom is -1.00 e.